The number of rotatable bonds is 10. The molecule has 43 heavy (non-hydrogen) atoms. The van der Waals surface area contributed by atoms with Crippen LogP contribution in [0.1, 0.15) is 30.5 Å². The summed E-state index contributed by atoms with van der Waals surface area (Å²) in [6.45, 7) is -0.985. The first-order chi connectivity index (χ1) is 20.7. The predicted octanol–water partition coefficient (Wildman–Crippen LogP) is 1.26. The predicted molar refractivity (Wildman–Crippen MR) is 161 cm³/mol. The summed E-state index contributed by atoms with van der Waals surface area (Å²) in [6, 6.07) is 18.1. The Morgan fingerprint density at radius 3 is 2.47 bits per heavy atom. The molecule has 1 fully saturated rings. The van der Waals surface area contributed by atoms with Crippen LogP contribution in [0, 0.1) is 17.8 Å². The van der Waals surface area contributed by atoms with Gasteiger partial charge in [0.1, 0.15) is 5.75 Å². The number of carbonyl (C=O) groups is 2. The minimum Gasteiger partial charge on any atom is -0.507 e. The molecule has 0 radical (unpaired) electrons. The number of benzene rings is 2. The van der Waals surface area contributed by atoms with Crippen LogP contribution in [0.4, 0.5) is 5.69 Å². The minimum atomic E-state index is -1.79. The highest BCUT2D eigenvalue weighted by Gasteiger charge is 2.55. The first-order valence-corrected chi connectivity index (χ1v) is 14.1. The molecule has 222 valence electrons. The number of allylic oxidation sites excluding steroid dienone is 1. The van der Waals surface area contributed by atoms with E-state index in [2.05, 4.69) is 4.98 Å². The zero-order valence-corrected chi connectivity index (χ0v) is 23.3. The first-order valence-electron chi connectivity index (χ1n) is 14.1. The standard InChI is InChI=1S/C32H33BN2O8/c36-17-21-15-24-30(32(41)35(31(24)40)23-8-5-7-22(16-23)33(42)43)25(18-37)29(21)28(39)12-11-19(26-9-3-4-13-34-26)14-20-6-1-2-10-27(20)38/h1-10,13-14,16,24-25,28,30,36-39,42-43H,11-12,15,17-18H2/b19-14-/t24-,25+,28-,30-/m1/s1. The molecule has 0 bridgehead atoms. The number of carbonyl (C=O) groups excluding carboxylic acids is 2. The number of para-hydroxylation sites is 1. The molecule has 2 heterocycles. The average Bonchev–Trinajstić information content (AvgIpc) is 3.28. The summed E-state index contributed by atoms with van der Waals surface area (Å²) in [4.78, 5) is 32.6. The summed E-state index contributed by atoms with van der Waals surface area (Å²) in [5.41, 5.74) is 3.00. The third kappa shape index (κ3) is 6.03. The van der Waals surface area contributed by atoms with E-state index in [1.807, 2.05) is 12.1 Å². The van der Waals surface area contributed by atoms with Crippen LogP contribution < -0.4 is 10.4 Å². The van der Waals surface area contributed by atoms with Crippen molar-refractivity contribution in [3.8, 4) is 5.75 Å². The molecule has 1 aliphatic carbocycles. The van der Waals surface area contributed by atoms with Gasteiger partial charge in [0.25, 0.3) is 0 Å². The number of aliphatic hydroxyl groups excluding tert-OH is 3. The van der Waals surface area contributed by atoms with Gasteiger partial charge in [-0.3, -0.25) is 19.5 Å². The lowest BCUT2D eigenvalue weighted by Crippen LogP contribution is -2.39. The van der Waals surface area contributed by atoms with Crippen molar-refractivity contribution < 1.29 is 40.1 Å². The highest BCUT2D eigenvalue weighted by atomic mass is 16.4. The zero-order chi connectivity index (χ0) is 30.7. The van der Waals surface area contributed by atoms with Gasteiger partial charge >= 0.3 is 7.12 Å². The van der Waals surface area contributed by atoms with Crippen LogP contribution in [0.5, 0.6) is 5.75 Å². The average molecular weight is 584 g/mol. The van der Waals surface area contributed by atoms with Crippen LogP contribution in [0.15, 0.2) is 84.1 Å². The normalized spacial score (nSPS) is 21.3. The lowest BCUT2D eigenvalue weighted by atomic mass is 9.68. The van der Waals surface area contributed by atoms with Crippen molar-refractivity contribution in [3.05, 3.63) is 95.3 Å². The molecule has 0 unspecified atom stereocenters. The van der Waals surface area contributed by atoms with E-state index in [1.165, 1.54) is 24.3 Å². The first kappa shape index (κ1) is 30.3. The summed E-state index contributed by atoms with van der Waals surface area (Å²) in [5, 5.41) is 61.8. The molecule has 3 aromatic rings. The molecular weight excluding hydrogens is 551 g/mol. The molecule has 10 nitrogen and oxygen atoms in total. The quantitative estimate of drug-likeness (QED) is 0.117. The number of imide groups is 1. The van der Waals surface area contributed by atoms with Crippen molar-refractivity contribution in [3.63, 3.8) is 0 Å². The number of phenolic OH excluding ortho intramolecular Hbond substituents is 1. The molecule has 1 aromatic heterocycles. The SMILES string of the molecule is O=C1[C@@H]2[C@@H](CC(CO)=C([C@H](O)CC/C(=C/c3ccccc3O)c3ccccn3)[C@@H]2CO)C(=O)N1c1cccc(B(O)O)c1. The molecule has 0 saturated carbocycles. The molecule has 5 rings (SSSR count). The number of aromatic hydroxyl groups is 1. The van der Waals surface area contributed by atoms with Gasteiger partial charge in [0.05, 0.1) is 42.5 Å². The Morgan fingerprint density at radius 1 is 1.02 bits per heavy atom. The van der Waals surface area contributed by atoms with Crippen LogP contribution in [0.2, 0.25) is 0 Å². The third-order valence-electron chi connectivity index (χ3n) is 8.30. The topological polar surface area (TPSA) is 172 Å². The summed E-state index contributed by atoms with van der Waals surface area (Å²) < 4.78 is 0. The number of anilines is 1. The van der Waals surface area contributed by atoms with Crippen LogP contribution in [0.3, 0.4) is 0 Å². The van der Waals surface area contributed by atoms with E-state index in [-0.39, 0.29) is 29.7 Å². The zero-order valence-electron chi connectivity index (χ0n) is 23.3. The van der Waals surface area contributed by atoms with E-state index in [4.69, 9.17) is 0 Å². The van der Waals surface area contributed by atoms with Gasteiger partial charge in [-0.25, -0.2) is 0 Å². The van der Waals surface area contributed by atoms with E-state index in [1.54, 1.807) is 42.6 Å². The molecule has 4 atom stereocenters. The van der Waals surface area contributed by atoms with Gasteiger partial charge in [0, 0.05) is 17.7 Å². The number of amides is 2. The molecule has 1 aliphatic heterocycles. The van der Waals surface area contributed by atoms with Crippen LogP contribution >= 0.6 is 0 Å². The largest absolute Gasteiger partial charge is 0.507 e. The Balaban J connectivity index is 1.43. The Hall–Kier alpha value is -4.13. The Bertz CT molecular complexity index is 1560. The monoisotopic (exact) mass is 584 g/mol. The Morgan fingerprint density at radius 2 is 1.79 bits per heavy atom. The second-order valence-electron chi connectivity index (χ2n) is 10.8. The van der Waals surface area contributed by atoms with Gasteiger partial charge in [-0.1, -0.05) is 36.4 Å². The highest BCUT2D eigenvalue weighted by Crippen LogP contribution is 2.47. The second-order valence-corrected chi connectivity index (χ2v) is 10.8. The summed E-state index contributed by atoms with van der Waals surface area (Å²) in [5.74, 6) is -3.71. The Labute approximate surface area is 249 Å². The van der Waals surface area contributed by atoms with Gasteiger partial charge in [-0.05, 0) is 77.9 Å². The lowest BCUT2D eigenvalue weighted by molar-refractivity contribution is -0.123. The van der Waals surface area contributed by atoms with E-state index in [0.29, 0.717) is 28.8 Å². The number of hydrogen-bond donors (Lipinski definition) is 6. The Kier molecular flexibility index (Phi) is 9.19. The maximum atomic E-state index is 13.7. The maximum absolute atomic E-state index is 13.7. The number of nitrogens with zero attached hydrogens (tertiary/aromatic N) is 2. The smallest absolute Gasteiger partial charge is 0.488 e. The number of aromatic nitrogens is 1. The number of hydrogen-bond acceptors (Lipinski definition) is 9. The lowest BCUT2D eigenvalue weighted by Gasteiger charge is -2.36. The van der Waals surface area contributed by atoms with Gasteiger partial charge in [-0.2, -0.15) is 0 Å². The van der Waals surface area contributed by atoms with E-state index in [0.717, 1.165) is 10.5 Å². The molecular formula is C32H33BN2O8. The van der Waals surface area contributed by atoms with Crippen molar-refractivity contribution in [2.45, 2.75) is 25.4 Å². The molecule has 6 N–H and O–H groups in total. The fourth-order valence-electron chi connectivity index (χ4n) is 6.26. The number of phenols is 1. The van der Waals surface area contributed by atoms with Gasteiger partial charge in [0.2, 0.25) is 11.8 Å². The second kappa shape index (κ2) is 13.0. The van der Waals surface area contributed by atoms with Crippen molar-refractivity contribution in [1.82, 2.24) is 4.98 Å². The fraction of sp³-hybridized carbons (Fsp3) is 0.281. The maximum Gasteiger partial charge on any atom is 0.488 e. The van der Waals surface area contributed by atoms with Crippen molar-refractivity contribution >= 4 is 41.7 Å². The van der Waals surface area contributed by atoms with E-state index in [9.17, 15) is 40.1 Å². The van der Waals surface area contributed by atoms with Crippen molar-refractivity contribution in [2.75, 3.05) is 18.1 Å². The summed E-state index contributed by atoms with van der Waals surface area (Å²) in [7, 11) is -1.79. The number of fused-ring (bicyclic) bond motifs is 1. The fourth-order valence-corrected chi connectivity index (χ4v) is 6.26. The third-order valence-corrected chi connectivity index (χ3v) is 8.30. The van der Waals surface area contributed by atoms with Crippen LogP contribution in [0.25, 0.3) is 11.6 Å². The molecule has 11 heteroatoms. The summed E-state index contributed by atoms with van der Waals surface area (Å²) >= 11 is 0. The van der Waals surface area contributed by atoms with Gasteiger partial charge in [0.15, 0.2) is 0 Å². The molecule has 2 aromatic carbocycles. The molecule has 1 saturated heterocycles. The van der Waals surface area contributed by atoms with Gasteiger partial charge in [-0.15, -0.1) is 0 Å². The molecule has 2 aliphatic rings. The summed E-state index contributed by atoms with van der Waals surface area (Å²) in [6.07, 6.45) is 2.79. The molecule has 2 amide bonds. The highest BCUT2D eigenvalue weighted by molar-refractivity contribution is 6.58. The minimum absolute atomic E-state index is 0.0360. The van der Waals surface area contributed by atoms with E-state index >= 15 is 0 Å². The van der Waals surface area contributed by atoms with E-state index < -0.39 is 56.0 Å². The number of aliphatic hydroxyl groups is 3. The van der Waals surface area contributed by atoms with Crippen molar-refractivity contribution in [2.24, 2.45) is 17.8 Å². The van der Waals surface area contributed by atoms with Crippen LogP contribution in [-0.2, 0) is 9.59 Å². The van der Waals surface area contributed by atoms with Crippen molar-refractivity contribution in [1.29, 1.82) is 0 Å². The van der Waals surface area contributed by atoms with Crippen LogP contribution in [-0.4, -0.2) is 73.7 Å². The van der Waals surface area contributed by atoms with Gasteiger partial charge < -0.3 is 30.5 Å². The number of pyridine rings is 1. The molecule has 0 spiro atoms.